The van der Waals surface area contributed by atoms with Crippen LogP contribution in [-0.2, 0) is 25.3 Å². The molecule has 0 bridgehead atoms. The molecule has 0 aliphatic carbocycles. The largest absolute Gasteiger partial charge is 0.469 e. The number of rotatable bonds is 5. The number of amides is 2. The van der Waals surface area contributed by atoms with Crippen LogP contribution >= 0.6 is 0 Å². The van der Waals surface area contributed by atoms with Crippen LogP contribution in [0.5, 0.6) is 0 Å². The molecule has 1 fully saturated rings. The summed E-state index contributed by atoms with van der Waals surface area (Å²) >= 11 is 0. The van der Waals surface area contributed by atoms with Crippen molar-refractivity contribution in [1.29, 1.82) is 0 Å². The van der Waals surface area contributed by atoms with E-state index in [1.807, 2.05) is 0 Å². The van der Waals surface area contributed by atoms with Crippen molar-refractivity contribution in [2.75, 3.05) is 32.1 Å². The monoisotopic (exact) mass is 374 g/mol. The number of carbonyl (C=O) groups excluding carboxylic acids is 3. The minimum absolute atomic E-state index is 0.00945. The Labute approximate surface area is 147 Å². The van der Waals surface area contributed by atoms with Crippen LogP contribution in [-0.4, -0.2) is 50.6 Å². The van der Waals surface area contributed by atoms with Crippen molar-refractivity contribution >= 4 is 23.5 Å². The fourth-order valence-electron chi connectivity index (χ4n) is 2.71. The van der Waals surface area contributed by atoms with E-state index in [4.69, 9.17) is 0 Å². The normalized spacial score (nSPS) is 20.2. The number of piperazine rings is 1. The highest BCUT2D eigenvalue weighted by Crippen LogP contribution is 2.30. The van der Waals surface area contributed by atoms with Gasteiger partial charge >= 0.3 is 12.1 Å². The molecule has 2 amide bonds. The second-order valence-corrected chi connectivity index (χ2v) is 5.84. The summed E-state index contributed by atoms with van der Waals surface area (Å²) in [7, 11) is 1.20. The van der Waals surface area contributed by atoms with Crippen molar-refractivity contribution in [1.82, 2.24) is 5.32 Å². The number of methoxy groups -OCH3 is 1. The van der Waals surface area contributed by atoms with Gasteiger partial charge in [0.05, 0.1) is 25.8 Å². The number of carbonyl (C=O) groups is 3. The first-order chi connectivity index (χ1) is 12.2. The molecule has 26 heavy (non-hydrogen) atoms. The van der Waals surface area contributed by atoms with E-state index in [0.717, 1.165) is 12.1 Å². The summed E-state index contributed by atoms with van der Waals surface area (Å²) < 4.78 is 42.7. The number of ether oxygens (including phenoxy) is 1. The molecule has 142 valence electrons. The average molecular weight is 374 g/mol. The van der Waals surface area contributed by atoms with E-state index < -0.39 is 29.7 Å². The van der Waals surface area contributed by atoms with Gasteiger partial charge in [-0.1, -0.05) is 6.07 Å². The molecule has 0 radical (unpaired) electrons. The van der Waals surface area contributed by atoms with Crippen molar-refractivity contribution < 1.29 is 37.2 Å². The van der Waals surface area contributed by atoms with Crippen LogP contribution in [0, 0.1) is 0 Å². The molecule has 0 aromatic heterocycles. The Morgan fingerprint density at radius 1 is 1.38 bits per heavy atom. The standard InChI is InChI=1S/C16H18F3N3O4/c1-26-14(24)8-12-15(25)20-5-6-22(12)9-13(23)21-11-4-2-3-10(7-11)16(17,18)19/h2-4,7,12H,5-6,8-9H2,1H3,(H,20,25)(H,21,23)/p+1/t12-/m1/s1. The molecule has 3 N–H and O–H groups in total. The smallest absolute Gasteiger partial charge is 0.416 e. The molecule has 1 aliphatic rings. The zero-order valence-corrected chi connectivity index (χ0v) is 14.0. The molecule has 1 aromatic carbocycles. The van der Waals surface area contributed by atoms with Crippen molar-refractivity contribution in [3.05, 3.63) is 29.8 Å². The van der Waals surface area contributed by atoms with Gasteiger partial charge in [-0.05, 0) is 18.2 Å². The quantitative estimate of drug-likeness (QED) is 0.612. The minimum atomic E-state index is -4.51. The van der Waals surface area contributed by atoms with E-state index in [1.54, 1.807) is 0 Å². The van der Waals surface area contributed by atoms with E-state index >= 15 is 0 Å². The molecule has 2 rings (SSSR count). The van der Waals surface area contributed by atoms with Crippen LogP contribution in [0.1, 0.15) is 12.0 Å². The van der Waals surface area contributed by atoms with Crippen molar-refractivity contribution in [2.45, 2.75) is 18.6 Å². The molecule has 1 aliphatic heterocycles. The minimum Gasteiger partial charge on any atom is -0.469 e. The lowest BCUT2D eigenvalue weighted by atomic mass is 10.1. The Kier molecular flexibility index (Phi) is 6.19. The number of nitrogens with one attached hydrogen (secondary N) is 3. The zero-order chi connectivity index (χ0) is 19.3. The lowest BCUT2D eigenvalue weighted by Gasteiger charge is -2.30. The van der Waals surface area contributed by atoms with E-state index in [2.05, 4.69) is 15.4 Å². The summed E-state index contributed by atoms with van der Waals surface area (Å²) in [6.07, 6.45) is -4.70. The Bertz CT molecular complexity index is 694. The van der Waals surface area contributed by atoms with E-state index in [-0.39, 0.29) is 24.6 Å². The number of hydrogen-bond acceptors (Lipinski definition) is 4. The third-order valence-corrected chi connectivity index (χ3v) is 4.01. The molecule has 0 spiro atoms. The van der Waals surface area contributed by atoms with Gasteiger partial charge in [0.15, 0.2) is 12.6 Å². The first-order valence-corrected chi connectivity index (χ1v) is 7.87. The molecular formula is C16H19F3N3O4+. The molecule has 1 saturated heterocycles. The van der Waals surface area contributed by atoms with E-state index in [9.17, 15) is 27.6 Å². The summed E-state index contributed by atoms with van der Waals surface area (Å²) in [5.41, 5.74) is -0.862. The van der Waals surface area contributed by atoms with E-state index in [1.165, 1.54) is 19.2 Å². The van der Waals surface area contributed by atoms with Crippen molar-refractivity contribution in [3.8, 4) is 0 Å². The Morgan fingerprint density at radius 3 is 2.77 bits per heavy atom. The molecule has 2 atom stereocenters. The Morgan fingerprint density at radius 2 is 2.12 bits per heavy atom. The van der Waals surface area contributed by atoms with Gasteiger partial charge in [0.1, 0.15) is 6.42 Å². The lowest BCUT2D eigenvalue weighted by molar-refractivity contribution is -0.909. The number of benzene rings is 1. The molecule has 0 saturated carbocycles. The number of halogens is 3. The van der Waals surface area contributed by atoms with E-state index in [0.29, 0.717) is 18.0 Å². The summed E-state index contributed by atoms with van der Waals surface area (Å²) in [6, 6.07) is 3.49. The average Bonchev–Trinajstić information content (AvgIpc) is 2.57. The molecular weight excluding hydrogens is 355 g/mol. The maximum absolute atomic E-state index is 12.7. The first-order valence-electron chi connectivity index (χ1n) is 7.87. The van der Waals surface area contributed by atoms with Gasteiger partial charge in [0, 0.05) is 5.69 Å². The highest BCUT2D eigenvalue weighted by Gasteiger charge is 2.37. The third-order valence-electron chi connectivity index (χ3n) is 4.01. The van der Waals surface area contributed by atoms with Crippen molar-refractivity contribution in [3.63, 3.8) is 0 Å². The molecule has 1 aromatic rings. The molecule has 1 unspecified atom stereocenters. The van der Waals surface area contributed by atoms with Crippen LogP contribution in [0.3, 0.4) is 0 Å². The number of alkyl halides is 3. The maximum atomic E-state index is 12.7. The number of hydrogen-bond donors (Lipinski definition) is 3. The van der Waals surface area contributed by atoms with Gasteiger partial charge in [-0.15, -0.1) is 0 Å². The van der Waals surface area contributed by atoms with Crippen LogP contribution in [0.4, 0.5) is 18.9 Å². The second-order valence-electron chi connectivity index (χ2n) is 5.84. The van der Waals surface area contributed by atoms with Gasteiger partial charge in [0.2, 0.25) is 0 Å². The molecule has 7 nitrogen and oxygen atoms in total. The third kappa shape index (κ3) is 5.19. The summed E-state index contributed by atoms with van der Waals surface area (Å²) in [6.45, 7) is 0.581. The van der Waals surface area contributed by atoms with Crippen LogP contribution in [0.15, 0.2) is 24.3 Å². The van der Waals surface area contributed by atoms with Gasteiger partial charge in [0.25, 0.3) is 11.8 Å². The molecule has 10 heteroatoms. The Hall–Kier alpha value is -2.62. The predicted octanol–water partition coefficient (Wildman–Crippen LogP) is -0.410. The number of esters is 1. The summed E-state index contributed by atoms with van der Waals surface area (Å²) in [5.74, 6) is -1.50. The SMILES string of the molecule is COC(=O)C[C@@H]1C(=O)NCC[NH+]1CC(=O)Nc1cccc(C(F)(F)F)c1. The maximum Gasteiger partial charge on any atom is 0.416 e. The summed E-state index contributed by atoms with van der Waals surface area (Å²) in [5, 5.41) is 5.01. The fourth-order valence-corrected chi connectivity index (χ4v) is 2.71. The first kappa shape index (κ1) is 19.7. The van der Waals surface area contributed by atoms with Crippen LogP contribution in [0.2, 0.25) is 0 Å². The topological polar surface area (TPSA) is 88.9 Å². The highest BCUT2D eigenvalue weighted by atomic mass is 19.4. The zero-order valence-electron chi connectivity index (χ0n) is 14.0. The van der Waals surface area contributed by atoms with Crippen LogP contribution in [0.25, 0.3) is 0 Å². The van der Waals surface area contributed by atoms with Gasteiger partial charge < -0.3 is 20.3 Å². The van der Waals surface area contributed by atoms with Gasteiger partial charge in [-0.2, -0.15) is 13.2 Å². The second kappa shape index (κ2) is 8.17. The summed E-state index contributed by atoms with van der Waals surface area (Å²) in [4.78, 5) is 36.1. The highest BCUT2D eigenvalue weighted by molar-refractivity contribution is 5.92. The molecule has 1 heterocycles. The van der Waals surface area contributed by atoms with Gasteiger partial charge in [-0.3, -0.25) is 14.4 Å². The number of anilines is 1. The predicted molar refractivity (Wildman–Crippen MR) is 84.2 cm³/mol. The fraction of sp³-hybridized carbons (Fsp3) is 0.438. The van der Waals surface area contributed by atoms with Crippen LogP contribution < -0.4 is 15.5 Å². The number of quaternary nitrogens is 1. The lowest BCUT2D eigenvalue weighted by Crippen LogP contribution is -3.20. The van der Waals surface area contributed by atoms with Crippen molar-refractivity contribution in [2.24, 2.45) is 0 Å². The van der Waals surface area contributed by atoms with Gasteiger partial charge in [-0.25, -0.2) is 0 Å². The Balaban J connectivity index is 2.03.